The Morgan fingerprint density at radius 2 is 1.67 bits per heavy atom. The summed E-state index contributed by atoms with van der Waals surface area (Å²) >= 11 is 0. The van der Waals surface area contributed by atoms with Gasteiger partial charge in [-0.3, -0.25) is 4.72 Å². The first-order chi connectivity index (χ1) is 10.1. The van der Waals surface area contributed by atoms with Crippen LogP contribution in [-0.2, 0) is 10.0 Å². The van der Waals surface area contributed by atoms with E-state index in [4.69, 9.17) is 10.5 Å². The standard InChI is InChI=1S/C15H18N2O3S/c16-11-4-12-20-14-7-9-15(10-8-14)21(18,19)17-13-5-2-1-3-6-13/h1-3,5-10,17H,4,11-12,16H2. The average Bonchev–Trinajstić information content (AvgIpc) is 2.49. The molecule has 0 aromatic heterocycles. The molecule has 0 heterocycles. The van der Waals surface area contributed by atoms with Crippen LogP contribution in [0.4, 0.5) is 5.69 Å². The molecule has 0 atom stereocenters. The van der Waals surface area contributed by atoms with Gasteiger partial charge in [0.05, 0.1) is 11.5 Å². The Morgan fingerprint density at radius 1 is 1.00 bits per heavy atom. The molecule has 0 amide bonds. The first-order valence-corrected chi connectivity index (χ1v) is 8.11. The van der Waals surface area contributed by atoms with Gasteiger partial charge in [0.25, 0.3) is 10.0 Å². The number of para-hydroxylation sites is 1. The minimum Gasteiger partial charge on any atom is -0.494 e. The number of sulfonamides is 1. The Bertz CT molecular complexity index is 655. The highest BCUT2D eigenvalue weighted by Crippen LogP contribution is 2.19. The third kappa shape index (κ3) is 4.47. The second-order valence-electron chi connectivity index (χ2n) is 4.43. The van der Waals surface area contributed by atoms with Crippen molar-refractivity contribution in [3.8, 4) is 5.75 Å². The molecule has 6 heteroatoms. The zero-order valence-electron chi connectivity index (χ0n) is 11.5. The van der Waals surface area contributed by atoms with Gasteiger partial charge in [0, 0.05) is 5.69 Å². The van der Waals surface area contributed by atoms with E-state index in [9.17, 15) is 8.42 Å². The van der Waals surface area contributed by atoms with E-state index in [1.54, 1.807) is 36.4 Å². The van der Waals surface area contributed by atoms with Crippen LogP contribution in [0.2, 0.25) is 0 Å². The third-order valence-electron chi connectivity index (χ3n) is 2.78. The van der Waals surface area contributed by atoms with E-state index < -0.39 is 10.0 Å². The molecule has 3 N–H and O–H groups in total. The first kappa shape index (κ1) is 15.3. The van der Waals surface area contributed by atoms with Crippen LogP contribution in [-0.4, -0.2) is 21.6 Å². The van der Waals surface area contributed by atoms with E-state index in [1.807, 2.05) is 6.07 Å². The highest BCUT2D eigenvalue weighted by Gasteiger charge is 2.13. The van der Waals surface area contributed by atoms with Crippen LogP contribution in [0.3, 0.4) is 0 Å². The maximum atomic E-state index is 12.2. The van der Waals surface area contributed by atoms with E-state index in [0.29, 0.717) is 24.6 Å². The number of nitrogens with one attached hydrogen (secondary N) is 1. The molecule has 0 aliphatic heterocycles. The summed E-state index contributed by atoms with van der Waals surface area (Å²) in [7, 11) is -3.58. The van der Waals surface area contributed by atoms with Gasteiger partial charge in [0.2, 0.25) is 0 Å². The van der Waals surface area contributed by atoms with Crippen molar-refractivity contribution < 1.29 is 13.2 Å². The molecule has 0 fully saturated rings. The molecule has 112 valence electrons. The lowest BCUT2D eigenvalue weighted by molar-refractivity contribution is 0.313. The monoisotopic (exact) mass is 306 g/mol. The fourth-order valence-corrected chi connectivity index (χ4v) is 2.77. The first-order valence-electron chi connectivity index (χ1n) is 6.62. The van der Waals surface area contributed by atoms with Gasteiger partial charge in [-0.05, 0) is 49.4 Å². The Hall–Kier alpha value is -2.05. The topological polar surface area (TPSA) is 81.4 Å². The van der Waals surface area contributed by atoms with Crippen molar-refractivity contribution in [2.45, 2.75) is 11.3 Å². The molecule has 0 aliphatic carbocycles. The molecule has 0 saturated carbocycles. The lowest BCUT2D eigenvalue weighted by Gasteiger charge is -2.09. The fraction of sp³-hybridized carbons (Fsp3) is 0.200. The molecule has 0 unspecified atom stereocenters. The third-order valence-corrected chi connectivity index (χ3v) is 4.17. The van der Waals surface area contributed by atoms with Gasteiger partial charge in [-0.15, -0.1) is 0 Å². The predicted molar refractivity (Wildman–Crippen MR) is 82.9 cm³/mol. The Morgan fingerprint density at radius 3 is 2.29 bits per heavy atom. The van der Waals surface area contributed by atoms with Crippen LogP contribution in [0.15, 0.2) is 59.5 Å². The Labute approximate surface area is 124 Å². The normalized spacial score (nSPS) is 11.1. The number of rotatable bonds is 7. The van der Waals surface area contributed by atoms with Crippen molar-refractivity contribution in [2.24, 2.45) is 5.73 Å². The molecule has 21 heavy (non-hydrogen) atoms. The summed E-state index contributed by atoms with van der Waals surface area (Å²) in [5, 5.41) is 0. The van der Waals surface area contributed by atoms with Crippen LogP contribution in [0.5, 0.6) is 5.75 Å². The largest absolute Gasteiger partial charge is 0.494 e. The van der Waals surface area contributed by atoms with Crippen molar-refractivity contribution in [3.63, 3.8) is 0 Å². The van der Waals surface area contributed by atoms with Crippen LogP contribution in [0.25, 0.3) is 0 Å². The van der Waals surface area contributed by atoms with E-state index >= 15 is 0 Å². The molecule has 5 nitrogen and oxygen atoms in total. The van der Waals surface area contributed by atoms with Gasteiger partial charge in [-0.2, -0.15) is 0 Å². The van der Waals surface area contributed by atoms with Crippen molar-refractivity contribution in [2.75, 3.05) is 17.9 Å². The summed E-state index contributed by atoms with van der Waals surface area (Å²) in [5.74, 6) is 0.627. The van der Waals surface area contributed by atoms with Gasteiger partial charge in [0.15, 0.2) is 0 Å². The molecule has 0 spiro atoms. The van der Waals surface area contributed by atoms with Crippen LogP contribution in [0, 0.1) is 0 Å². The number of anilines is 1. The van der Waals surface area contributed by atoms with E-state index in [-0.39, 0.29) is 4.90 Å². The van der Waals surface area contributed by atoms with Gasteiger partial charge in [-0.25, -0.2) is 8.42 Å². The molecule has 0 saturated heterocycles. The Kier molecular flexibility index (Phi) is 5.19. The zero-order chi connectivity index (χ0) is 15.1. The van der Waals surface area contributed by atoms with E-state index in [1.165, 1.54) is 12.1 Å². The molecule has 0 bridgehead atoms. The van der Waals surface area contributed by atoms with Gasteiger partial charge in [0.1, 0.15) is 5.75 Å². The molecule has 0 aliphatic rings. The van der Waals surface area contributed by atoms with Gasteiger partial charge in [-0.1, -0.05) is 18.2 Å². The summed E-state index contributed by atoms with van der Waals surface area (Å²) in [6, 6.07) is 15.1. The number of hydrogen-bond acceptors (Lipinski definition) is 4. The molecular weight excluding hydrogens is 288 g/mol. The van der Waals surface area contributed by atoms with Crippen LogP contribution < -0.4 is 15.2 Å². The lowest BCUT2D eigenvalue weighted by atomic mass is 10.3. The van der Waals surface area contributed by atoms with Crippen molar-refractivity contribution in [1.29, 1.82) is 0 Å². The highest BCUT2D eigenvalue weighted by atomic mass is 32.2. The quantitative estimate of drug-likeness (QED) is 0.769. The number of benzene rings is 2. The maximum absolute atomic E-state index is 12.2. The minimum absolute atomic E-state index is 0.192. The summed E-state index contributed by atoms with van der Waals surface area (Å²) in [5.41, 5.74) is 5.91. The SMILES string of the molecule is NCCCOc1ccc(S(=O)(=O)Nc2ccccc2)cc1. The van der Waals surface area contributed by atoms with Crippen molar-refractivity contribution in [1.82, 2.24) is 0 Å². The highest BCUT2D eigenvalue weighted by molar-refractivity contribution is 7.92. The smallest absolute Gasteiger partial charge is 0.261 e. The number of hydrogen-bond donors (Lipinski definition) is 2. The molecule has 2 rings (SSSR count). The summed E-state index contributed by atoms with van der Waals surface area (Å²) in [6.45, 7) is 1.08. The van der Waals surface area contributed by atoms with E-state index in [0.717, 1.165) is 6.42 Å². The van der Waals surface area contributed by atoms with Gasteiger partial charge >= 0.3 is 0 Å². The molecule has 2 aromatic carbocycles. The van der Waals surface area contributed by atoms with Gasteiger partial charge < -0.3 is 10.5 Å². The van der Waals surface area contributed by atoms with Crippen LogP contribution in [0.1, 0.15) is 6.42 Å². The van der Waals surface area contributed by atoms with Crippen molar-refractivity contribution in [3.05, 3.63) is 54.6 Å². The maximum Gasteiger partial charge on any atom is 0.261 e. The second kappa shape index (κ2) is 7.10. The molecular formula is C15H18N2O3S. The summed E-state index contributed by atoms with van der Waals surface area (Å²) in [4.78, 5) is 0.192. The van der Waals surface area contributed by atoms with E-state index in [2.05, 4.69) is 4.72 Å². The lowest BCUT2D eigenvalue weighted by Crippen LogP contribution is -2.12. The minimum atomic E-state index is -3.58. The second-order valence-corrected chi connectivity index (χ2v) is 6.12. The average molecular weight is 306 g/mol. The van der Waals surface area contributed by atoms with Crippen LogP contribution >= 0.6 is 0 Å². The fourth-order valence-electron chi connectivity index (χ4n) is 1.71. The zero-order valence-corrected chi connectivity index (χ0v) is 12.3. The molecule has 2 aromatic rings. The number of nitrogens with two attached hydrogens (primary N) is 1. The Balaban J connectivity index is 2.06. The number of ether oxygens (including phenoxy) is 1. The molecule has 0 radical (unpaired) electrons. The summed E-state index contributed by atoms with van der Waals surface area (Å²) in [6.07, 6.45) is 0.760. The van der Waals surface area contributed by atoms with Crippen molar-refractivity contribution >= 4 is 15.7 Å². The summed E-state index contributed by atoms with van der Waals surface area (Å²) < 4.78 is 32.4. The predicted octanol–water partition coefficient (Wildman–Crippen LogP) is 2.21.